The van der Waals surface area contributed by atoms with E-state index in [0.29, 0.717) is 5.95 Å². The fourth-order valence-corrected chi connectivity index (χ4v) is 2.24. The van der Waals surface area contributed by atoms with Crippen molar-refractivity contribution in [3.63, 3.8) is 0 Å². The highest BCUT2D eigenvalue weighted by Gasteiger charge is 2.08. The van der Waals surface area contributed by atoms with E-state index < -0.39 is 0 Å². The molecule has 0 saturated heterocycles. The zero-order valence-electron chi connectivity index (χ0n) is 12.0. The predicted molar refractivity (Wildman–Crippen MR) is 81.5 cm³/mol. The van der Waals surface area contributed by atoms with Crippen molar-refractivity contribution in [2.75, 3.05) is 17.6 Å². The van der Waals surface area contributed by atoms with E-state index in [4.69, 9.17) is 5.73 Å². The number of rotatable bonds is 5. The van der Waals surface area contributed by atoms with Gasteiger partial charge in [0.1, 0.15) is 5.82 Å². The molecule has 4 heteroatoms. The van der Waals surface area contributed by atoms with Crippen molar-refractivity contribution in [1.29, 1.82) is 0 Å². The summed E-state index contributed by atoms with van der Waals surface area (Å²) < 4.78 is 0. The molecule has 0 saturated carbocycles. The minimum Gasteiger partial charge on any atom is -0.369 e. The number of fused-ring (bicyclic) bond motifs is 1. The van der Waals surface area contributed by atoms with Gasteiger partial charge in [0.15, 0.2) is 0 Å². The van der Waals surface area contributed by atoms with Gasteiger partial charge in [-0.25, -0.2) is 4.98 Å². The summed E-state index contributed by atoms with van der Waals surface area (Å²) >= 11 is 0. The van der Waals surface area contributed by atoms with E-state index in [1.165, 1.54) is 11.1 Å². The number of nitrogens with two attached hydrogens (primary N) is 1. The van der Waals surface area contributed by atoms with Gasteiger partial charge in [0.25, 0.3) is 0 Å². The molecule has 0 fully saturated rings. The lowest BCUT2D eigenvalue weighted by molar-refractivity contribution is 0.832. The highest BCUT2D eigenvalue weighted by Crippen LogP contribution is 2.25. The molecule has 4 nitrogen and oxygen atoms in total. The maximum atomic E-state index is 5.80. The van der Waals surface area contributed by atoms with Crippen molar-refractivity contribution < 1.29 is 0 Å². The monoisotopic (exact) mass is 258 g/mol. The Hall–Kier alpha value is -1.84. The molecule has 0 atom stereocenters. The summed E-state index contributed by atoms with van der Waals surface area (Å²) in [6.07, 6.45) is 3.28. The van der Waals surface area contributed by atoms with E-state index in [0.717, 1.165) is 42.5 Å². The van der Waals surface area contributed by atoms with Gasteiger partial charge in [-0.15, -0.1) is 0 Å². The molecule has 19 heavy (non-hydrogen) atoms. The summed E-state index contributed by atoms with van der Waals surface area (Å²) in [6, 6.07) is 4.27. The number of aryl methyl sites for hydroxylation is 2. The van der Waals surface area contributed by atoms with E-state index in [2.05, 4.69) is 48.2 Å². The molecule has 0 aliphatic carbocycles. The largest absolute Gasteiger partial charge is 0.369 e. The number of nitrogens with one attached hydrogen (secondary N) is 1. The predicted octanol–water partition coefficient (Wildman–Crippen LogP) is 3.29. The van der Waals surface area contributed by atoms with Crippen LogP contribution >= 0.6 is 0 Å². The van der Waals surface area contributed by atoms with Crippen molar-refractivity contribution in [1.82, 2.24) is 9.97 Å². The van der Waals surface area contributed by atoms with Gasteiger partial charge in [-0.2, -0.15) is 4.98 Å². The molecule has 2 rings (SSSR count). The normalized spacial score (nSPS) is 10.9. The van der Waals surface area contributed by atoms with Gasteiger partial charge in [-0.1, -0.05) is 20.3 Å². The van der Waals surface area contributed by atoms with Crippen LogP contribution in [0.1, 0.15) is 37.8 Å². The van der Waals surface area contributed by atoms with Crippen LogP contribution in [0.4, 0.5) is 11.8 Å². The SMILES string of the molecule is CCCCNc1nc(N)nc2cc(CC)c(C)cc12. The fraction of sp³-hybridized carbons (Fsp3) is 0.467. The smallest absolute Gasteiger partial charge is 0.222 e. The lowest BCUT2D eigenvalue weighted by Crippen LogP contribution is -2.07. The summed E-state index contributed by atoms with van der Waals surface area (Å²) in [5, 5.41) is 4.42. The van der Waals surface area contributed by atoms with Crippen LogP contribution in [0.2, 0.25) is 0 Å². The van der Waals surface area contributed by atoms with Crippen LogP contribution in [-0.2, 0) is 6.42 Å². The van der Waals surface area contributed by atoms with Crippen LogP contribution in [0.3, 0.4) is 0 Å². The summed E-state index contributed by atoms with van der Waals surface area (Å²) in [7, 11) is 0. The van der Waals surface area contributed by atoms with E-state index in [-0.39, 0.29) is 0 Å². The van der Waals surface area contributed by atoms with Crippen molar-refractivity contribution in [2.24, 2.45) is 0 Å². The Morgan fingerprint density at radius 1 is 1.21 bits per heavy atom. The van der Waals surface area contributed by atoms with Gasteiger partial charge in [0.05, 0.1) is 5.52 Å². The Bertz CT molecular complexity index is 578. The molecule has 0 amide bonds. The number of unbranched alkanes of at least 4 members (excludes halogenated alkanes) is 1. The average Bonchev–Trinajstić information content (AvgIpc) is 2.39. The molecule has 0 unspecified atom stereocenters. The van der Waals surface area contributed by atoms with Crippen molar-refractivity contribution >= 4 is 22.7 Å². The lowest BCUT2D eigenvalue weighted by Gasteiger charge is -2.11. The Morgan fingerprint density at radius 2 is 2.00 bits per heavy atom. The first-order valence-corrected chi connectivity index (χ1v) is 6.96. The van der Waals surface area contributed by atoms with Crippen LogP contribution in [0.15, 0.2) is 12.1 Å². The van der Waals surface area contributed by atoms with Crippen molar-refractivity contribution in [3.05, 3.63) is 23.3 Å². The third kappa shape index (κ3) is 2.95. The Balaban J connectivity index is 2.47. The number of anilines is 2. The third-order valence-corrected chi connectivity index (χ3v) is 3.37. The number of aromatic nitrogens is 2. The van der Waals surface area contributed by atoms with Gasteiger partial charge >= 0.3 is 0 Å². The first-order chi connectivity index (χ1) is 9.15. The van der Waals surface area contributed by atoms with E-state index in [1.807, 2.05) is 0 Å². The quantitative estimate of drug-likeness (QED) is 0.808. The number of nitrogen functional groups attached to an aromatic ring is 1. The zero-order valence-corrected chi connectivity index (χ0v) is 12.0. The molecule has 2 aromatic rings. The standard InChI is InChI=1S/C15H22N4/c1-4-6-7-17-14-12-8-10(3)11(5-2)9-13(12)18-15(16)19-14/h8-9H,4-7H2,1-3H3,(H3,16,17,18,19). The van der Waals surface area contributed by atoms with E-state index in [1.54, 1.807) is 0 Å². The number of benzene rings is 1. The molecule has 1 heterocycles. The second kappa shape index (κ2) is 5.87. The van der Waals surface area contributed by atoms with Gasteiger partial charge in [-0.3, -0.25) is 0 Å². The van der Waals surface area contributed by atoms with Crippen LogP contribution in [0, 0.1) is 6.92 Å². The summed E-state index contributed by atoms with van der Waals surface area (Å²) in [6.45, 7) is 7.37. The maximum absolute atomic E-state index is 5.80. The fourth-order valence-electron chi connectivity index (χ4n) is 2.24. The topological polar surface area (TPSA) is 63.8 Å². The summed E-state index contributed by atoms with van der Waals surface area (Å²) in [4.78, 5) is 8.67. The van der Waals surface area contributed by atoms with Crippen LogP contribution in [-0.4, -0.2) is 16.5 Å². The molecular formula is C15H22N4. The third-order valence-electron chi connectivity index (χ3n) is 3.37. The van der Waals surface area contributed by atoms with Gasteiger partial charge < -0.3 is 11.1 Å². The molecule has 1 aromatic carbocycles. The van der Waals surface area contributed by atoms with Gasteiger partial charge in [0, 0.05) is 11.9 Å². The van der Waals surface area contributed by atoms with Crippen LogP contribution in [0.5, 0.6) is 0 Å². The summed E-state index contributed by atoms with van der Waals surface area (Å²) in [5.41, 5.74) is 9.31. The molecule has 0 spiro atoms. The van der Waals surface area contributed by atoms with Crippen LogP contribution in [0.25, 0.3) is 10.9 Å². The van der Waals surface area contributed by atoms with Crippen LogP contribution < -0.4 is 11.1 Å². The molecule has 3 N–H and O–H groups in total. The number of nitrogens with zero attached hydrogens (tertiary/aromatic N) is 2. The molecular weight excluding hydrogens is 236 g/mol. The van der Waals surface area contributed by atoms with Gasteiger partial charge in [-0.05, 0) is 43.0 Å². The minimum atomic E-state index is 0.331. The van der Waals surface area contributed by atoms with E-state index >= 15 is 0 Å². The summed E-state index contributed by atoms with van der Waals surface area (Å²) in [5.74, 6) is 1.18. The first-order valence-electron chi connectivity index (χ1n) is 6.96. The van der Waals surface area contributed by atoms with Crippen molar-refractivity contribution in [3.8, 4) is 0 Å². The lowest BCUT2D eigenvalue weighted by atomic mass is 10.0. The number of hydrogen-bond donors (Lipinski definition) is 2. The minimum absolute atomic E-state index is 0.331. The van der Waals surface area contributed by atoms with E-state index in [9.17, 15) is 0 Å². The Morgan fingerprint density at radius 3 is 2.68 bits per heavy atom. The average molecular weight is 258 g/mol. The highest BCUT2D eigenvalue weighted by molar-refractivity contribution is 5.91. The maximum Gasteiger partial charge on any atom is 0.222 e. The molecule has 1 aromatic heterocycles. The number of hydrogen-bond acceptors (Lipinski definition) is 4. The van der Waals surface area contributed by atoms with Crippen molar-refractivity contribution in [2.45, 2.75) is 40.0 Å². The molecule has 102 valence electrons. The molecule has 0 aliphatic heterocycles. The molecule has 0 radical (unpaired) electrons. The zero-order chi connectivity index (χ0) is 13.8. The highest BCUT2D eigenvalue weighted by atomic mass is 15.1. The molecule has 0 bridgehead atoms. The Labute approximate surface area is 114 Å². The first kappa shape index (κ1) is 13.6. The molecule has 0 aliphatic rings. The van der Waals surface area contributed by atoms with Gasteiger partial charge in [0.2, 0.25) is 5.95 Å². The Kier molecular flexibility index (Phi) is 4.20. The second-order valence-electron chi connectivity index (χ2n) is 4.86. The second-order valence-corrected chi connectivity index (χ2v) is 4.86.